The largest absolute Gasteiger partial charge is 0.295 e. The molecule has 0 aliphatic heterocycles. The van der Waals surface area contributed by atoms with Crippen LogP contribution in [0.5, 0.6) is 0 Å². The van der Waals surface area contributed by atoms with Crippen molar-refractivity contribution in [3.8, 4) is 0 Å². The molecule has 1 aromatic carbocycles. The van der Waals surface area contributed by atoms with Gasteiger partial charge in [0.1, 0.15) is 0 Å². The SMILES string of the molecule is CC(=O)c1ccccc1C1(C(C)(F)F)CCCC1. The molecule has 0 N–H and O–H groups in total. The van der Waals surface area contributed by atoms with Crippen molar-refractivity contribution < 1.29 is 13.6 Å². The van der Waals surface area contributed by atoms with Crippen LogP contribution in [0.2, 0.25) is 0 Å². The maximum atomic E-state index is 14.1. The Morgan fingerprint density at radius 2 is 1.78 bits per heavy atom. The van der Waals surface area contributed by atoms with Crippen molar-refractivity contribution in [1.82, 2.24) is 0 Å². The Kier molecular flexibility index (Phi) is 3.26. The summed E-state index contributed by atoms with van der Waals surface area (Å²) in [6.45, 7) is 2.42. The lowest BCUT2D eigenvalue weighted by Gasteiger charge is -2.36. The summed E-state index contributed by atoms with van der Waals surface area (Å²) < 4.78 is 28.2. The van der Waals surface area contributed by atoms with E-state index in [1.165, 1.54) is 6.92 Å². The highest BCUT2D eigenvalue weighted by molar-refractivity contribution is 5.96. The van der Waals surface area contributed by atoms with Crippen molar-refractivity contribution in [2.24, 2.45) is 0 Å². The van der Waals surface area contributed by atoms with Crippen LogP contribution in [0.15, 0.2) is 24.3 Å². The van der Waals surface area contributed by atoms with Crippen molar-refractivity contribution in [1.29, 1.82) is 0 Å². The lowest BCUT2D eigenvalue weighted by molar-refractivity contribution is -0.0601. The highest BCUT2D eigenvalue weighted by Crippen LogP contribution is 2.52. The lowest BCUT2D eigenvalue weighted by Crippen LogP contribution is -2.41. The number of carbonyl (C=O) groups is 1. The van der Waals surface area contributed by atoms with Crippen LogP contribution in [-0.2, 0) is 5.41 Å². The van der Waals surface area contributed by atoms with Crippen LogP contribution in [0.1, 0.15) is 55.5 Å². The predicted octanol–water partition coefficient (Wildman–Crippen LogP) is 4.36. The van der Waals surface area contributed by atoms with Gasteiger partial charge in [-0.2, -0.15) is 0 Å². The third kappa shape index (κ3) is 1.96. The zero-order chi connectivity index (χ0) is 13.4. The number of carbonyl (C=O) groups excluding carboxylic acids is 1. The standard InChI is InChI=1S/C15H18F2O/c1-11(18)12-7-3-4-8-13(12)15(14(2,16)17)9-5-6-10-15/h3-4,7-8H,5-6,9-10H2,1-2H3. The molecule has 3 heteroatoms. The molecule has 98 valence electrons. The second kappa shape index (κ2) is 4.45. The smallest absolute Gasteiger partial charge is 0.254 e. The molecular formula is C15H18F2O. The van der Waals surface area contributed by atoms with Gasteiger partial charge in [-0.25, -0.2) is 8.78 Å². The Morgan fingerprint density at radius 1 is 1.22 bits per heavy atom. The molecule has 0 heterocycles. The van der Waals surface area contributed by atoms with Gasteiger partial charge in [-0.3, -0.25) is 4.79 Å². The minimum absolute atomic E-state index is 0.138. The molecule has 2 rings (SSSR count). The summed E-state index contributed by atoms with van der Waals surface area (Å²) in [6.07, 6.45) is 2.52. The third-order valence-corrected chi connectivity index (χ3v) is 4.12. The van der Waals surface area contributed by atoms with Crippen molar-refractivity contribution in [3.63, 3.8) is 0 Å². The normalized spacial score (nSPS) is 18.9. The third-order valence-electron chi connectivity index (χ3n) is 4.12. The fraction of sp³-hybridized carbons (Fsp3) is 0.533. The minimum atomic E-state index is -2.80. The molecule has 0 radical (unpaired) electrons. The summed E-state index contributed by atoms with van der Waals surface area (Å²) in [7, 11) is 0. The van der Waals surface area contributed by atoms with Crippen molar-refractivity contribution in [3.05, 3.63) is 35.4 Å². The minimum Gasteiger partial charge on any atom is -0.295 e. The van der Waals surface area contributed by atoms with Crippen molar-refractivity contribution in [2.75, 3.05) is 0 Å². The Bertz CT molecular complexity index is 454. The molecule has 18 heavy (non-hydrogen) atoms. The van der Waals surface area contributed by atoms with Crippen LogP contribution in [0, 0.1) is 0 Å². The highest BCUT2D eigenvalue weighted by Gasteiger charge is 2.53. The van der Waals surface area contributed by atoms with Gasteiger partial charge in [0.05, 0.1) is 5.41 Å². The van der Waals surface area contributed by atoms with E-state index in [9.17, 15) is 13.6 Å². The number of alkyl halides is 2. The van der Waals surface area contributed by atoms with Gasteiger partial charge in [0.25, 0.3) is 5.92 Å². The Balaban J connectivity index is 2.61. The van der Waals surface area contributed by atoms with Gasteiger partial charge in [0, 0.05) is 12.5 Å². The van der Waals surface area contributed by atoms with Gasteiger partial charge in [-0.15, -0.1) is 0 Å². The number of ketones is 1. The van der Waals surface area contributed by atoms with Gasteiger partial charge in [-0.05, 0) is 25.3 Å². The summed E-state index contributed by atoms with van der Waals surface area (Å²) in [5.41, 5.74) is -0.182. The molecular weight excluding hydrogens is 234 g/mol. The van der Waals surface area contributed by atoms with Crippen molar-refractivity contribution in [2.45, 2.75) is 50.9 Å². The first-order valence-electron chi connectivity index (χ1n) is 6.37. The van der Waals surface area contributed by atoms with Crippen molar-refractivity contribution >= 4 is 5.78 Å². The summed E-state index contributed by atoms with van der Waals surface area (Å²) in [5.74, 6) is -2.93. The molecule has 1 aliphatic rings. The van der Waals surface area contributed by atoms with Gasteiger partial charge in [-0.1, -0.05) is 37.1 Å². The van der Waals surface area contributed by atoms with E-state index < -0.39 is 11.3 Å². The number of benzene rings is 1. The van der Waals surface area contributed by atoms with E-state index in [4.69, 9.17) is 0 Å². The van der Waals surface area contributed by atoms with E-state index in [1.807, 2.05) is 0 Å². The maximum absolute atomic E-state index is 14.1. The molecule has 0 unspecified atom stereocenters. The fourth-order valence-corrected chi connectivity index (χ4v) is 3.13. The van der Waals surface area contributed by atoms with E-state index in [1.54, 1.807) is 24.3 Å². The second-order valence-electron chi connectivity index (χ2n) is 5.28. The monoisotopic (exact) mass is 252 g/mol. The van der Waals surface area contributed by atoms with E-state index in [2.05, 4.69) is 0 Å². The Hall–Kier alpha value is -1.25. The summed E-state index contributed by atoms with van der Waals surface area (Å²) in [6, 6.07) is 6.83. The lowest BCUT2D eigenvalue weighted by atomic mass is 9.72. The van der Waals surface area contributed by atoms with E-state index in [0.29, 0.717) is 24.0 Å². The van der Waals surface area contributed by atoms with Crippen LogP contribution in [0.25, 0.3) is 0 Å². The first kappa shape index (κ1) is 13.2. The Morgan fingerprint density at radius 3 is 2.28 bits per heavy atom. The molecule has 0 aromatic heterocycles. The molecule has 1 aliphatic carbocycles. The number of hydrogen-bond acceptors (Lipinski definition) is 1. The molecule has 0 bridgehead atoms. The zero-order valence-corrected chi connectivity index (χ0v) is 10.8. The van der Waals surface area contributed by atoms with Gasteiger partial charge >= 0.3 is 0 Å². The number of halogens is 2. The van der Waals surface area contributed by atoms with Crippen LogP contribution in [0.3, 0.4) is 0 Å². The summed E-state index contributed by atoms with van der Waals surface area (Å²) in [5, 5.41) is 0. The van der Waals surface area contributed by atoms with Gasteiger partial charge in [0.15, 0.2) is 5.78 Å². The topological polar surface area (TPSA) is 17.1 Å². The predicted molar refractivity (Wildman–Crippen MR) is 67.2 cm³/mol. The van der Waals surface area contributed by atoms with Crippen LogP contribution < -0.4 is 0 Å². The molecule has 0 atom stereocenters. The van der Waals surface area contributed by atoms with Crippen LogP contribution >= 0.6 is 0 Å². The molecule has 1 nitrogen and oxygen atoms in total. The second-order valence-corrected chi connectivity index (χ2v) is 5.28. The highest BCUT2D eigenvalue weighted by atomic mass is 19.3. The first-order valence-corrected chi connectivity index (χ1v) is 6.37. The molecule has 0 amide bonds. The number of Topliss-reactive ketones (excluding diaryl/α,β-unsaturated/α-hetero) is 1. The van der Waals surface area contributed by atoms with E-state index >= 15 is 0 Å². The van der Waals surface area contributed by atoms with E-state index in [-0.39, 0.29) is 5.78 Å². The fourth-order valence-electron chi connectivity index (χ4n) is 3.13. The molecule has 1 saturated carbocycles. The molecule has 0 saturated heterocycles. The zero-order valence-electron chi connectivity index (χ0n) is 10.8. The quantitative estimate of drug-likeness (QED) is 0.731. The summed E-state index contributed by atoms with van der Waals surface area (Å²) >= 11 is 0. The van der Waals surface area contributed by atoms with Crippen LogP contribution in [-0.4, -0.2) is 11.7 Å². The number of hydrogen-bond donors (Lipinski definition) is 0. The molecule has 1 fully saturated rings. The van der Waals surface area contributed by atoms with Gasteiger partial charge in [0.2, 0.25) is 0 Å². The first-order chi connectivity index (χ1) is 8.38. The average molecular weight is 252 g/mol. The average Bonchev–Trinajstić information content (AvgIpc) is 2.78. The maximum Gasteiger partial charge on any atom is 0.254 e. The van der Waals surface area contributed by atoms with E-state index in [0.717, 1.165) is 19.8 Å². The summed E-state index contributed by atoms with van der Waals surface area (Å²) in [4.78, 5) is 11.6. The Labute approximate surface area is 106 Å². The van der Waals surface area contributed by atoms with Crippen LogP contribution in [0.4, 0.5) is 8.78 Å². The molecule has 0 spiro atoms. The molecule has 1 aromatic rings. The number of rotatable bonds is 3. The van der Waals surface area contributed by atoms with Gasteiger partial charge < -0.3 is 0 Å².